The zero-order valence-electron chi connectivity index (χ0n) is 13.6. The zero-order chi connectivity index (χ0) is 15.7. The first-order valence-corrected chi connectivity index (χ1v) is 7.55. The maximum absolute atomic E-state index is 12.3. The smallest absolute Gasteiger partial charge is 0.253 e. The monoisotopic (exact) mass is 289 g/mol. The molecule has 0 aromatic rings. The van der Waals surface area contributed by atoms with E-state index < -0.39 is 0 Å². The van der Waals surface area contributed by atoms with Crippen LogP contribution in [0.25, 0.3) is 0 Å². The van der Waals surface area contributed by atoms with Crippen molar-refractivity contribution in [3.63, 3.8) is 0 Å². The molecule has 4 heteroatoms. The molecule has 0 atom stereocenters. The van der Waals surface area contributed by atoms with Crippen LogP contribution in [0.1, 0.15) is 40.0 Å². The van der Waals surface area contributed by atoms with Crippen molar-refractivity contribution in [1.82, 2.24) is 10.2 Å². The van der Waals surface area contributed by atoms with Gasteiger partial charge in [0.1, 0.15) is 0 Å². The number of allylic oxidation sites excluding steroid dienone is 4. The Bertz CT molecular complexity index is 466. The quantitative estimate of drug-likeness (QED) is 0.353. The minimum absolute atomic E-state index is 0.154. The third kappa shape index (κ3) is 5.58. The molecule has 0 bridgehead atoms. The van der Waals surface area contributed by atoms with Crippen molar-refractivity contribution in [2.75, 3.05) is 20.1 Å². The maximum atomic E-state index is 12.3. The SMILES string of the molecule is C/C=C(\C=CC/C(C)=C(\C)NC=NC)C(=O)N1CCCC1. The largest absolute Gasteiger partial charge is 0.351 e. The Morgan fingerprint density at radius 1 is 1.29 bits per heavy atom. The van der Waals surface area contributed by atoms with Gasteiger partial charge >= 0.3 is 0 Å². The molecule has 0 unspecified atom stereocenters. The number of carbonyl (C=O) groups excluding carboxylic acids is 1. The van der Waals surface area contributed by atoms with E-state index in [1.165, 1.54) is 5.57 Å². The predicted molar refractivity (Wildman–Crippen MR) is 89.3 cm³/mol. The minimum Gasteiger partial charge on any atom is -0.351 e. The predicted octanol–water partition coefficient (Wildman–Crippen LogP) is 3.04. The van der Waals surface area contributed by atoms with Gasteiger partial charge in [-0.1, -0.05) is 23.8 Å². The van der Waals surface area contributed by atoms with Gasteiger partial charge in [-0.2, -0.15) is 0 Å². The molecule has 1 rings (SSSR count). The van der Waals surface area contributed by atoms with Crippen molar-refractivity contribution >= 4 is 12.2 Å². The highest BCUT2D eigenvalue weighted by molar-refractivity contribution is 5.96. The number of rotatable bonds is 6. The van der Waals surface area contributed by atoms with Crippen molar-refractivity contribution in [2.45, 2.75) is 40.0 Å². The number of aliphatic imine (C=N–C) groups is 1. The first kappa shape index (κ1) is 17.2. The second kappa shape index (κ2) is 9.16. The summed E-state index contributed by atoms with van der Waals surface area (Å²) in [6.07, 6.45) is 10.6. The van der Waals surface area contributed by atoms with Gasteiger partial charge in [-0.05, 0) is 40.0 Å². The summed E-state index contributed by atoms with van der Waals surface area (Å²) in [5, 5.41) is 3.12. The minimum atomic E-state index is 0.154. The molecule has 21 heavy (non-hydrogen) atoms. The van der Waals surface area contributed by atoms with Crippen LogP contribution in [-0.4, -0.2) is 37.3 Å². The van der Waals surface area contributed by atoms with Gasteiger partial charge in [0.15, 0.2) is 0 Å². The third-order valence-corrected chi connectivity index (χ3v) is 3.72. The highest BCUT2D eigenvalue weighted by Gasteiger charge is 2.19. The molecule has 1 fully saturated rings. The molecule has 1 aliphatic heterocycles. The average Bonchev–Trinajstić information content (AvgIpc) is 3.02. The molecular weight excluding hydrogens is 262 g/mol. The van der Waals surface area contributed by atoms with Gasteiger partial charge in [-0.3, -0.25) is 9.79 Å². The van der Waals surface area contributed by atoms with Gasteiger partial charge in [0.05, 0.1) is 6.34 Å². The molecule has 4 nitrogen and oxygen atoms in total. The Balaban J connectivity index is 2.59. The Morgan fingerprint density at radius 2 is 1.95 bits per heavy atom. The highest BCUT2D eigenvalue weighted by atomic mass is 16.2. The molecule has 0 saturated carbocycles. The van der Waals surface area contributed by atoms with Gasteiger partial charge in [-0.15, -0.1) is 0 Å². The van der Waals surface area contributed by atoms with Gasteiger partial charge in [0.25, 0.3) is 5.91 Å². The zero-order valence-corrected chi connectivity index (χ0v) is 13.6. The number of amides is 1. The maximum Gasteiger partial charge on any atom is 0.253 e. The van der Waals surface area contributed by atoms with Crippen molar-refractivity contribution in [3.05, 3.63) is 35.1 Å². The third-order valence-electron chi connectivity index (χ3n) is 3.72. The summed E-state index contributed by atoms with van der Waals surface area (Å²) in [6, 6.07) is 0. The molecule has 1 aliphatic rings. The van der Waals surface area contributed by atoms with Gasteiger partial charge < -0.3 is 10.2 Å². The van der Waals surface area contributed by atoms with E-state index in [4.69, 9.17) is 0 Å². The first-order chi connectivity index (χ1) is 10.1. The van der Waals surface area contributed by atoms with E-state index >= 15 is 0 Å². The highest BCUT2D eigenvalue weighted by Crippen LogP contribution is 2.14. The lowest BCUT2D eigenvalue weighted by Gasteiger charge is -2.15. The van der Waals surface area contributed by atoms with E-state index in [-0.39, 0.29) is 5.91 Å². The van der Waals surface area contributed by atoms with Crippen LogP contribution < -0.4 is 5.32 Å². The number of hydrogen-bond donors (Lipinski definition) is 1. The van der Waals surface area contributed by atoms with E-state index in [2.05, 4.69) is 17.2 Å². The van der Waals surface area contributed by atoms with Crippen molar-refractivity contribution in [2.24, 2.45) is 4.99 Å². The van der Waals surface area contributed by atoms with Crippen LogP contribution in [0.15, 0.2) is 40.1 Å². The fraction of sp³-hybridized carbons (Fsp3) is 0.529. The summed E-state index contributed by atoms with van der Waals surface area (Å²) in [6.45, 7) is 7.80. The number of carbonyl (C=O) groups is 1. The molecule has 0 aliphatic carbocycles. The van der Waals surface area contributed by atoms with Crippen LogP contribution in [0.4, 0.5) is 0 Å². The summed E-state index contributed by atoms with van der Waals surface area (Å²) in [4.78, 5) is 18.1. The lowest BCUT2D eigenvalue weighted by molar-refractivity contribution is -0.125. The molecule has 1 saturated heterocycles. The molecule has 0 aromatic carbocycles. The number of likely N-dealkylation sites (tertiary alicyclic amines) is 1. The van der Waals surface area contributed by atoms with Gasteiger partial charge in [-0.25, -0.2) is 0 Å². The summed E-state index contributed by atoms with van der Waals surface area (Å²) in [5.41, 5.74) is 3.11. The van der Waals surface area contributed by atoms with E-state index in [1.807, 2.05) is 37.0 Å². The lowest BCUT2D eigenvalue weighted by Crippen LogP contribution is -2.28. The van der Waals surface area contributed by atoms with E-state index in [0.29, 0.717) is 0 Å². The fourth-order valence-electron chi connectivity index (χ4n) is 2.19. The van der Waals surface area contributed by atoms with Crippen LogP contribution in [0.3, 0.4) is 0 Å². The summed E-state index contributed by atoms with van der Waals surface area (Å²) in [7, 11) is 1.73. The Hall–Kier alpha value is -1.84. The number of nitrogens with one attached hydrogen (secondary N) is 1. The molecule has 0 radical (unpaired) electrons. The molecule has 1 amide bonds. The topological polar surface area (TPSA) is 44.7 Å². The molecule has 0 spiro atoms. The van der Waals surface area contributed by atoms with Crippen molar-refractivity contribution < 1.29 is 4.79 Å². The van der Waals surface area contributed by atoms with Gasteiger partial charge in [0.2, 0.25) is 0 Å². The Morgan fingerprint density at radius 3 is 2.52 bits per heavy atom. The van der Waals surface area contributed by atoms with E-state index in [0.717, 1.165) is 43.6 Å². The summed E-state index contributed by atoms with van der Waals surface area (Å²) in [5.74, 6) is 0.154. The number of nitrogens with zero attached hydrogens (tertiary/aromatic N) is 2. The van der Waals surface area contributed by atoms with E-state index in [9.17, 15) is 4.79 Å². The molecule has 1 heterocycles. The van der Waals surface area contributed by atoms with Crippen molar-refractivity contribution in [1.29, 1.82) is 0 Å². The normalized spacial score (nSPS) is 17.7. The standard InChI is InChI=1S/C17H27N3O/c1-5-16(17(21)20-11-6-7-12-20)10-8-9-14(2)15(3)19-13-18-4/h5,8,10,13H,6-7,9,11-12H2,1-4H3,(H,18,19)/b10-8?,15-14+,16-5+. The Labute approximate surface area is 128 Å². The molecule has 1 N–H and O–H groups in total. The lowest BCUT2D eigenvalue weighted by atomic mass is 10.1. The Kier molecular flexibility index (Phi) is 7.51. The average molecular weight is 289 g/mol. The van der Waals surface area contributed by atoms with Crippen LogP contribution in [0.2, 0.25) is 0 Å². The summed E-state index contributed by atoms with van der Waals surface area (Å²) >= 11 is 0. The summed E-state index contributed by atoms with van der Waals surface area (Å²) < 4.78 is 0. The molecule has 0 aromatic heterocycles. The molecular formula is C17H27N3O. The fourth-order valence-corrected chi connectivity index (χ4v) is 2.19. The first-order valence-electron chi connectivity index (χ1n) is 7.55. The van der Waals surface area contributed by atoms with Crippen LogP contribution in [-0.2, 0) is 4.79 Å². The second-order valence-electron chi connectivity index (χ2n) is 5.29. The van der Waals surface area contributed by atoms with Crippen LogP contribution in [0, 0.1) is 0 Å². The number of hydrogen-bond acceptors (Lipinski definition) is 2. The van der Waals surface area contributed by atoms with E-state index in [1.54, 1.807) is 13.4 Å². The van der Waals surface area contributed by atoms with Gasteiger partial charge in [0, 0.05) is 31.4 Å². The second-order valence-corrected chi connectivity index (χ2v) is 5.29. The van der Waals surface area contributed by atoms with Crippen LogP contribution in [0.5, 0.6) is 0 Å². The molecule has 116 valence electrons. The van der Waals surface area contributed by atoms with Crippen LogP contribution >= 0.6 is 0 Å². The van der Waals surface area contributed by atoms with Crippen molar-refractivity contribution in [3.8, 4) is 0 Å².